The number of amides is 2. The molecule has 2 amide bonds. The number of carbonyl (C=O) groups is 2. The van der Waals surface area contributed by atoms with Crippen molar-refractivity contribution in [1.29, 1.82) is 0 Å². The van der Waals surface area contributed by atoms with Gasteiger partial charge in [-0.25, -0.2) is 39.5 Å². The van der Waals surface area contributed by atoms with E-state index in [-0.39, 0.29) is 25.3 Å². The summed E-state index contributed by atoms with van der Waals surface area (Å²) >= 11 is 12.7. The average Bonchev–Trinajstić information content (AvgIpc) is 3.32. The van der Waals surface area contributed by atoms with Crippen LogP contribution >= 0.6 is 23.2 Å². The van der Waals surface area contributed by atoms with Crippen LogP contribution in [0.5, 0.6) is 0 Å². The molecule has 4 N–H and O–H groups in total. The molecule has 6 rings (SSSR count). The van der Waals surface area contributed by atoms with Crippen molar-refractivity contribution < 1.29 is 19.1 Å². The van der Waals surface area contributed by atoms with E-state index in [2.05, 4.69) is 92.5 Å². The number of aromatic nitrogens is 6. The molecule has 2 unspecified atom stereocenters. The van der Waals surface area contributed by atoms with E-state index in [1.807, 2.05) is 48.5 Å². The minimum Gasteiger partial charge on any atom is -0.450 e. The number of hydrogen-bond acceptors (Lipinski definition) is 14. The normalized spacial score (nSPS) is 12.1. The van der Waals surface area contributed by atoms with E-state index >= 15 is 0 Å². The Bertz CT molecular complexity index is 2560. The molecule has 6 aromatic rings. The van der Waals surface area contributed by atoms with Crippen molar-refractivity contribution in [3.63, 3.8) is 0 Å². The number of anilines is 4. The van der Waals surface area contributed by atoms with Crippen molar-refractivity contribution in [2.24, 2.45) is 0 Å². The van der Waals surface area contributed by atoms with Gasteiger partial charge in [-0.15, -0.1) is 0 Å². The number of carbonyl (C=O) groups excluding carboxylic acids is 2. The van der Waals surface area contributed by atoms with Crippen LogP contribution < -0.4 is 21.3 Å². The van der Waals surface area contributed by atoms with Crippen LogP contribution in [0.1, 0.15) is 81.1 Å². The molecule has 0 spiro atoms. The van der Waals surface area contributed by atoms with Crippen molar-refractivity contribution in [3.8, 4) is 22.5 Å². The zero-order chi connectivity index (χ0) is 49.0. The molecule has 68 heavy (non-hydrogen) atoms. The Morgan fingerprint density at radius 1 is 0.588 bits per heavy atom. The van der Waals surface area contributed by atoms with Crippen molar-refractivity contribution in [3.05, 3.63) is 83.1 Å². The average molecular weight is 970 g/mol. The summed E-state index contributed by atoms with van der Waals surface area (Å²) in [5.41, 5.74) is 6.39. The summed E-state index contributed by atoms with van der Waals surface area (Å²) in [7, 11) is 0. The van der Waals surface area contributed by atoms with E-state index in [0.717, 1.165) is 87.5 Å². The molecule has 4 heterocycles. The van der Waals surface area contributed by atoms with Gasteiger partial charge in [-0.3, -0.25) is 10.6 Å². The first-order chi connectivity index (χ1) is 32.9. The SMILES string of the molecule is CCOC(=O)Nc1cc(NC(C)CCCN(CC)CC)c2nc(-c3ccccc3Cl)cnc2n1.CCOC(=O)Nc1cc(NC(C)CCCN(CC)CC)c2ncc(-c3ccccc3Cl)nc2n1. The molecule has 0 saturated heterocycles. The number of ether oxygens (including phenoxy) is 2. The van der Waals surface area contributed by atoms with E-state index in [4.69, 9.17) is 42.6 Å². The lowest BCUT2D eigenvalue weighted by Crippen LogP contribution is -2.25. The van der Waals surface area contributed by atoms with Crippen LogP contribution in [0.4, 0.5) is 32.6 Å². The fraction of sp³-hybridized carbons (Fsp3) is 0.440. The van der Waals surface area contributed by atoms with Gasteiger partial charge in [-0.2, -0.15) is 0 Å². The van der Waals surface area contributed by atoms with E-state index < -0.39 is 12.2 Å². The lowest BCUT2D eigenvalue weighted by Gasteiger charge is -2.21. The van der Waals surface area contributed by atoms with Gasteiger partial charge in [-0.1, -0.05) is 87.3 Å². The number of nitrogens with zero attached hydrogens (tertiary/aromatic N) is 8. The van der Waals surface area contributed by atoms with Crippen molar-refractivity contribution in [2.45, 2.75) is 93.2 Å². The highest BCUT2D eigenvalue weighted by molar-refractivity contribution is 6.33. The summed E-state index contributed by atoms with van der Waals surface area (Å²) in [5, 5.41) is 13.6. The van der Waals surface area contributed by atoms with Gasteiger partial charge in [0.1, 0.15) is 22.7 Å². The number of fused-ring (bicyclic) bond motifs is 2. The molecule has 364 valence electrons. The Morgan fingerprint density at radius 2 is 1.03 bits per heavy atom. The Kier molecular flexibility index (Phi) is 21.2. The lowest BCUT2D eigenvalue weighted by molar-refractivity contribution is 0.167. The van der Waals surface area contributed by atoms with Crippen molar-refractivity contribution in [2.75, 3.05) is 73.7 Å². The summed E-state index contributed by atoms with van der Waals surface area (Å²) in [5.74, 6) is 0.693. The van der Waals surface area contributed by atoms with Gasteiger partial charge in [0.15, 0.2) is 11.3 Å². The van der Waals surface area contributed by atoms with Crippen LogP contribution in [-0.4, -0.2) is 116 Å². The van der Waals surface area contributed by atoms with Gasteiger partial charge in [0.05, 0.1) is 58.4 Å². The minimum absolute atomic E-state index is 0.183. The van der Waals surface area contributed by atoms with Crippen molar-refractivity contribution in [1.82, 2.24) is 39.7 Å². The second kappa shape index (κ2) is 27.2. The maximum Gasteiger partial charge on any atom is 0.412 e. The van der Waals surface area contributed by atoms with Gasteiger partial charge < -0.3 is 29.9 Å². The monoisotopic (exact) mass is 968 g/mol. The second-order valence-corrected chi connectivity index (χ2v) is 16.9. The zero-order valence-electron chi connectivity index (χ0n) is 40.5. The molecular weight excluding hydrogens is 904 g/mol. The number of hydrogen-bond donors (Lipinski definition) is 4. The number of pyridine rings is 2. The maximum atomic E-state index is 12.0. The van der Waals surface area contributed by atoms with Gasteiger partial charge >= 0.3 is 12.2 Å². The molecule has 16 nitrogen and oxygen atoms in total. The van der Waals surface area contributed by atoms with Crippen LogP contribution in [0.3, 0.4) is 0 Å². The highest BCUT2D eigenvalue weighted by Gasteiger charge is 2.18. The molecule has 0 aliphatic rings. The number of benzene rings is 2. The third-order valence-corrected chi connectivity index (χ3v) is 11.8. The van der Waals surface area contributed by atoms with Gasteiger partial charge in [-0.05, 0) is 105 Å². The number of nitrogens with one attached hydrogen (secondary N) is 4. The maximum absolute atomic E-state index is 12.0. The molecule has 0 aliphatic carbocycles. The highest BCUT2D eigenvalue weighted by atomic mass is 35.5. The standard InChI is InChI=1S/2C25H33ClN6O2/c1-5-32(6-2)14-10-11-17(4)28-20-15-22(31-25(33)34-7-3)30-24-23(20)29-21(16-27-24)18-12-8-9-13-19(18)26;1-5-32(6-2)14-10-11-17(4)28-20-15-22(31-25(33)34-7-3)30-24-23(20)27-16-21(29-24)18-12-8-9-13-19(18)26/h8-9,12-13,15-17H,5-7,10-11,14H2,1-4H3,(H2,27,28,30,31,33);8-9,12-13,15-17H,5-7,10-11,14H2,1-4H3,(H2,28,29,30,31,33). The van der Waals surface area contributed by atoms with Crippen LogP contribution in [0.15, 0.2) is 73.1 Å². The first-order valence-electron chi connectivity index (χ1n) is 23.6. The third-order valence-electron chi connectivity index (χ3n) is 11.2. The summed E-state index contributed by atoms with van der Waals surface area (Å²) in [6, 6.07) is 18.9. The Labute approximate surface area is 410 Å². The van der Waals surface area contributed by atoms with E-state index in [1.165, 1.54) is 0 Å². The topological polar surface area (TPSA) is 185 Å². The molecule has 0 saturated carbocycles. The summed E-state index contributed by atoms with van der Waals surface area (Å²) in [6.45, 7) is 23.4. The Morgan fingerprint density at radius 3 is 1.50 bits per heavy atom. The molecule has 0 radical (unpaired) electrons. The first-order valence-corrected chi connectivity index (χ1v) is 24.4. The first kappa shape index (κ1) is 53.0. The Hall–Kier alpha value is -5.94. The largest absolute Gasteiger partial charge is 0.450 e. The Balaban J connectivity index is 0.000000254. The third kappa shape index (κ3) is 15.6. The summed E-state index contributed by atoms with van der Waals surface area (Å²) in [4.78, 5) is 56.5. The minimum atomic E-state index is -0.567. The smallest absolute Gasteiger partial charge is 0.412 e. The van der Waals surface area contributed by atoms with Crippen LogP contribution in [-0.2, 0) is 9.47 Å². The van der Waals surface area contributed by atoms with Gasteiger partial charge in [0.25, 0.3) is 0 Å². The lowest BCUT2D eigenvalue weighted by atomic mass is 10.1. The highest BCUT2D eigenvalue weighted by Crippen LogP contribution is 2.32. The molecule has 0 bridgehead atoms. The van der Waals surface area contributed by atoms with Gasteiger partial charge in [0, 0.05) is 35.3 Å². The summed E-state index contributed by atoms with van der Waals surface area (Å²) in [6.07, 6.45) is 6.33. The number of halogens is 2. The predicted molar refractivity (Wildman–Crippen MR) is 277 cm³/mol. The van der Waals surface area contributed by atoms with Crippen LogP contribution in [0, 0.1) is 0 Å². The predicted octanol–water partition coefficient (Wildman–Crippen LogP) is 11.7. The molecule has 2 atom stereocenters. The van der Waals surface area contributed by atoms with Crippen LogP contribution in [0.2, 0.25) is 10.0 Å². The molecular formula is C50H66Cl2N12O4. The molecule has 0 fully saturated rings. The van der Waals surface area contributed by atoms with Crippen LogP contribution in [0.25, 0.3) is 44.8 Å². The quantitative estimate of drug-likeness (QED) is 0.0504. The van der Waals surface area contributed by atoms with Gasteiger partial charge in [0.2, 0.25) is 0 Å². The molecule has 18 heteroatoms. The fourth-order valence-electron chi connectivity index (χ4n) is 7.48. The fourth-order valence-corrected chi connectivity index (χ4v) is 7.95. The second-order valence-electron chi connectivity index (χ2n) is 16.0. The molecule has 4 aromatic heterocycles. The zero-order valence-corrected chi connectivity index (χ0v) is 42.0. The van der Waals surface area contributed by atoms with E-state index in [9.17, 15) is 9.59 Å². The van der Waals surface area contributed by atoms with Crippen molar-refractivity contribution >= 4 is 80.7 Å². The van der Waals surface area contributed by atoms with E-state index in [1.54, 1.807) is 38.4 Å². The molecule has 2 aromatic carbocycles. The molecule has 0 aliphatic heterocycles. The van der Waals surface area contributed by atoms with E-state index in [0.29, 0.717) is 55.4 Å². The number of rotatable bonds is 22. The summed E-state index contributed by atoms with van der Waals surface area (Å²) < 4.78 is 10.0.